The monoisotopic (exact) mass is 148 g/mol. The maximum absolute atomic E-state index is 8.07. The van der Waals surface area contributed by atoms with Crippen molar-refractivity contribution in [3.8, 4) is 0 Å². The lowest BCUT2D eigenvalue weighted by molar-refractivity contribution is -0.249. The minimum Gasteiger partial charge on any atom is -0.378 e. The van der Waals surface area contributed by atoms with Crippen LogP contribution in [0, 0.1) is 0 Å². The molecule has 10 heavy (non-hydrogen) atoms. The van der Waals surface area contributed by atoms with Crippen LogP contribution in [0.1, 0.15) is 26.7 Å². The molecule has 0 saturated heterocycles. The highest BCUT2D eigenvalue weighted by Crippen LogP contribution is 2.17. The van der Waals surface area contributed by atoms with Gasteiger partial charge in [0.25, 0.3) is 0 Å². The van der Waals surface area contributed by atoms with Gasteiger partial charge in [0, 0.05) is 13.5 Å². The first-order valence-electron chi connectivity index (χ1n) is 3.50. The molecule has 0 aliphatic rings. The van der Waals surface area contributed by atoms with Crippen LogP contribution in [0.4, 0.5) is 0 Å². The first-order valence-corrected chi connectivity index (χ1v) is 3.50. The molecular formula is C7H16O3. The first kappa shape index (κ1) is 9.88. The van der Waals surface area contributed by atoms with Gasteiger partial charge in [-0.15, -0.1) is 0 Å². The van der Waals surface area contributed by atoms with Gasteiger partial charge < -0.3 is 4.74 Å². The molecule has 62 valence electrons. The van der Waals surface area contributed by atoms with Crippen LogP contribution in [0.15, 0.2) is 0 Å². The highest BCUT2D eigenvalue weighted by molar-refractivity contribution is 4.71. The van der Waals surface area contributed by atoms with Crippen molar-refractivity contribution in [3.63, 3.8) is 0 Å². The van der Waals surface area contributed by atoms with Crippen LogP contribution < -0.4 is 0 Å². The zero-order valence-corrected chi connectivity index (χ0v) is 6.89. The molecule has 0 heterocycles. The molecule has 0 saturated carbocycles. The van der Waals surface area contributed by atoms with E-state index in [-0.39, 0.29) is 5.60 Å². The van der Waals surface area contributed by atoms with Gasteiger partial charge in [0.15, 0.2) is 0 Å². The Kier molecular flexibility index (Phi) is 4.60. The van der Waals surface area contributed by atoms with Gasteiger partial charge in [-0.05, 0) is 13.3 Å². The Hall–Kier alpha value is -0.120. The third-order valence-electron chi connectivity index (χ3n) is 1.96. The molecule has 3 heteroatoms. The lowest BCUT2D eigenvalue weighted by Gasteiger charge is -2.25. The number of methoxy groups -OCH3 is 1. The second kappa shape index (κ2) is 4.66. The van der Waals surface area contributed by atoms with Gasteiger partial charge in [-0.3, -0.25) is 5.26 Å². The summed E-state index contributed by atoms with van der Waals surface area (Å²) in [5.74, 6) is 0. The summed E-state index contributed by atoms with van der Waals surface area (Å²) < 4.78 is 5.20. The molecule has 0 aromatic carbocycles. The molecule has 0 fully saturated rings. The van der Waals surface area contributed by atoms with Crippen molar-refractivity contribution in [2.24, 2.45) is 0 Å². The van der Waals surface area contributed by atoms with Gasteiger partial charge >= 0.3 is 0 Å². The van der Waals surface area contributed by atoms with Crippen LogP contribution in [0.5, 0.6) is 0 Å². The van der Waals surface area contributed by atoms with Gasteiger partial charge in [0.05, 0.1) is 12.2 Å². The molecule has 0 aromatic rings. The molecule has 0 amide bonds. The molecule has 0 radical (unpaired) electrons. The lowest BCUT2D eigenvalue weighted by Crippen LogP contribution is -2.27. The van der Waals surface area contributed by atoms with Crippen LogP contribution >= 0.6 is 0 Å². The summed E-state index contributed by atoms with van der Waals surface area (Å²) in [7, 11) is 1.67. The summed E-state index contributed by atoms with van der Waals surface area (Å²) in [5, 5.41) is 8.07. The second-order valence-corrected chi connectivity index (χ2v) is 2.59. The van der Waals surface area contributed by atoms with Crippen molar-refractivity contribution >= 4 is 0 Å². The fourth-order valence-corrected chi connectivity index (χ4v) is 0.685. The molecular weight excluding hydrogens is 132 g/mol. The number of hydrogen-bond acceptors (Lipinski definition) is 3. The smallest absolute Gasteiger partial charge is 0.0847 e. The third kappa shape index (κ3) is 3.15. The molecule has 0 rings (SSSR count). The Bertz CT molecular complexity index is 78.9. The van der Waals surface area contributed by atoms with Crippen molar-refractivity contribution in [1.82, 2.24) is 0 Å². The maximum Gasteiger partial charge on any atom is 0.0847 e. The van der Waals surface area contributed by atoms with Gasteiger partial charge in [-0.1, -0.05) is 6.92 Å². The van der Waals surface area contributed by atoms with Crippen LogP contribution in [-0.4, -0.2) is 24.6 Å². The molecule has 1 N–H and O–H groups in total. The summed E-state index contributed by atoms with van der Waals surface area (Å²) in [5.41, 5.74) is -0.150. The lowest BCUT2D eigenvalue weighted by atomic mass is 10.00. The molecule has 0 bridgehead atoms. The number of rotatable bonds is 5. The van der Waals surface area contributed by atoms with E-state index in [9.17, 15) is 0 Å². The molecule has 0 spiro atoms. The van der Waals surface area contributed by atoms with Crippen molar-refractivity contribution in [2.45, 2.75) is 32.3 Å². The Morgan fingerprint density at radius 3 is 2.40 bits per heavy atom. The van der Waals surface area contributed by atoms with E-state index >= 15 is 0 Å². The van der Waals surface area contributed by atoms with Crippen LogP contribution in [0.3, 0.4) is 0 Å². The average molecular weight is 148 g/mol. The summed E-state index contributed by atoms with van der Waals surface area (Å²) in [4.78, 5) is 3.96. The summed E-state index contributed by atoms with van der Waals surface area (Å²) in [6, 6.07) is 0. The zero-order chi connectivity index (χ0) is 8.04. The standard InChI is InChI=1S/C7H16O3/c1-4-7(2,9-3)5-6-10-8/h8H,4-6H2,1-3H3. The van der Waals surface area contributed by atoms with E-state index in [1.807, 2.05) is 13.8 Å². The van der Waals surface area contributed by atoms with Crippen LogP contribution in [0.2, 0.25) is 0 Å². The molecule has 0 aliphatic carbocycles. The Morgan fingerprint density at radius 2 is 2.10 bits per heavy atom. The van der Waals surface area contributed by atoms with E-state index in [1.54, 1.807) is 7.11 Å². The van der Waals surface area contributed by atoms with Gasteiger partial charge in [0.2, 0.25) is 0 Å². The largest absolute Gasteiger partial charge is 0.378 e. The highest BCUT2D eigenvalue weighted by atomic mass is 17.1. The molecule has 1 atom stereocenters. The average Bonchev–Trinajstić information content (AvgIpc) is 2.00. The number of ether oxygens (including phenoxy) is 1. The molecule has 0 aliphatic heterocycles. The third-order valence-corrected chi connectivity index (χ3v) is 1.96. The normalized spacial score (nSPS) is 16.8. The predicted octanol–water partition coefficient (Wildman–Crippen LogP) is 1.68. The SMILES string of the molecule is CCC(C)(CCOO)OC. The van der Waals surface area contributed by atoms with Crippen LogP contribution in [-0.2, 0) is 9.62 Å². The number of hydrogen-bond donors (Lipinski definition) is 1. The fraction of sp³-hybridized carbons (Fsp3) is 1.00. The fourth-order valence-electron chi connectivity index (χ4n) is 0.685. The summed E-state index contributed by atoms with van der Waals surface area (Å²) >= 11 is 0. The highest BCUT2D eigenvalue weighted by Gasteiger charge is 2.20. The van der Waals surface area contributed by atoms with E-state index in [2.05, 4.69) is 4.89 Å². The van der Waals surface area contributed by atoms with E-state index in [4.69, 9.17) is 9.99 Å². The van der Waals surface area contributed by atoms with Gasteiger partial charge in [-0.2, -0.15) is 0 Å². The molecule has 1 unspecified atom stereocenters. The minimum absolute atomic E-state index is 0.150. The molecule has 3 nitrogen and oxygen atoms in total. The summed E-state index contributed by atoms with van der Waals surface area (Å²) in [6.07, 6.45) is 1.64. The summed E-state index contributed by atoms with van der Waals surface area (Å²) in [6.45, 7) is 4.37. The van der Waals surface area contributed by atoms with Crippen molar-refractivity contribution < 1.29 is 14.9 Å². The van der Waals surface area contributed by atoms with E-state index in [0.717, 1.165) is 12.8 Å². The second-order valence-electron chi connectivity index (χ2n) is 2.59. The first-order chi connectivity index (χ1) is 4.68. The molecule has 0 aromatic heterocycles. The van der Waals surface area contributed by atoms with E-state index in [1.165, 1.54) is 0 Å². The Balaban J connectivity index is 3.58. The Labute approximate surface area is 61.9 Å². The van der Waals surface area contributed by atoms with E-state index in [0.29, 0.717) is 6.61 Å². The quantitative estimate of drug-likeness (QED) is 0.476. The zero-order valence-electron chi connectivity index (χ0n) is 6.89. The van der Waals surface area contributed by atoms with Gasteiger partial charge in [0.1, 0.15) is 0 Å². The van der Waals surface area contributed by atoms with Gasteiger partial charge in [-0.25, -0.2) is 4.89 Å². The van der Waals surface area contributed by atoms with Crippen molar-refractivity contribution in [3.05, 3.63) is 0 Å². The van der Waals surface area contributed by atoms with Crippen molar-refractivity contribution in [1.29, 1.82) is 0 Å². The van der Waals surface area contributed by atoms with Crippen molar-refractivity contribution in [2.75, 3.05) is 13.7 Å². The Morgan fingerprint density at radius 1 is 1.50 bits per heavy atom. The van der Waals surface area contributed by atoms with E-state index < -0.39 is 0 Å². The van der Waals surface area contributed by atoms with Crippen LogP contribution in [0.25, 0.3) is 0 Å². The maximum atomic E-state index is 8.07. The topological polar surface area (TPSA) is 38.7 Å². The minimum atomic E-state index is -0.150. The predicted molar refractivity (Wildman–Crippen MR) is 38.9 cm³/mol.